The van der Waals surface area contributed by atoms with E-state index in [4.69, 9.17) is 0 Å². The van der Waals surface area contributed by atoms with E-state index in [2.05, 4.69) is 51.6 Å². The molecule has 0 unspecified atom stereocenters. The lowest BCUT2D eigenvalue weighted by Gasteiger charge is -2.27. The van der Waals surface area contributed by atoms with E-state index in [0.717, 1.165) is 9.62 Å². The van der Waals surface area contributed by atoms with Gasteiger partial charge in [0.25, 0.3) is 0 Å². The highest BCUT2D eigenvalue weighted by Crippen LogP contribution is 2.33. The fourth-order valence-electron chi connectivity index (χ4n) is 2.34. The summed E-state index contributed by atoms with van der Waals surface area (Å²) in [6.07, 6.45) is 8.88. The van der Waals surface area contributed by atoms with Crippen LogP contribution in [-0.4, -0.2) is 9.78 Å². The van der Waals surface area contributed by atoms with Crippen LogP contribution in [0.4, 0.5) is 0 Å². The predicted octanol–water partition coefficient (Wildman–Crippen LogP) is 3.63. The van der Waals surface area contributed by atoms with Crippen molar-refractivity contribution in [2.24, 2.45) is 5.92 Å². The molecular weight excluding hydrogens is 287 g/mol. The van der Waals surface area contributed by atoms with Gasteiger partial charge in [-0.2, -0.15) is 5.10 Å². The largest absolute Gasteiger partial charge is 0.269 e. The van der Waals surface area contributed by atoms with Crippen molar-refractivity contribution < 1.29 is 0 Å². The molecule has 2 rings (SSSR count). The number of hydrogen-bond acceptors (Lipinski definition) is 1. The Hall–Kier alpha value is -0.0600. The van der Waals surface area contributed by atoms with Crippen molar-refractivity contribution in [1.82, 2.24) is 9.78 Å². The monoisotopic (exact) mass is 304 g/mol. The second-order valence-electron chi connectivity index (χ2n) is 4.20. The maximum atomic E-state index is 4.49. The summed E-state index contributed by atoms with van der Waals surface area (Å²) in [6.45, 7) is 2.31. The second-order valence-corrected chi connectivity index (χ2v) is 5.31. The smallest absolute Gasteiger partial charge is 0.123 e. The molecule has 14 heavy (non-hydrogen) atoms. The van der Waals surface area contributed by atoms with E-state index in [1.807, 2.05) is 0 Å². The van der Waals surface area contributed by atoms with Crippen molar-refractivity contribution in [2.45, 2.75) is 45.1 Å². The Labute approximate surface area is 99.2 Å². The summed E-state index contributed by atoms with van der Waals surface area (Å²) < 4.78 is 3.27. The van der Waals surface area contributed by atoms with E-state index in [9.17, 15) is 0 Å². The summed E-state index contributed by atoms with van der Waals surface area (Å²) in [5.74, 6) is 0.973. The molecule has 78 valence electrons. The molecule has 1 heterocycles. The van der Waals surface area contributed by atoms with Crippen LogP contribution in [-0.2, 0) is 0 Å². The van der Waals surface area contributed by atoms with Crippen LogP contribution >= 0.6 is 22.6 Å². The molecule has 0 N–H and O–H groups in total. The first-order valence-electron chi connectivity index (χ1n) is 5.50. The van der Waals surface area contributed by atoms with Crippen LogP contribution in [0.3, 0.4) is 0 Å². The fraction of sp³-hybridized carbons (Fsp3) is 0.727. The number of rotatable bonds is 2. The highest BCUT2D eigenvalue weighted by atomic mass is 127. The minimum absolute atomic E-state index is 0.668. The van der Waals surface area contributed by atoms with Crippen LogP contribution in [0.5, 0.6) is 0 Å². The molecule has 0 aromatic carbocycles. The minimum atomic E-state index is 0.668. The summed E-state index contributed by atoms with van der Waals surface area (Å²) in [6, 6.07) is 2.76. The van der Waals surface area contributed by atoms with Gasteiger partial charge in [-0.25, -0.2) is 0 Å². The standard InChI is InChI=1S/C11H17IN2/c1-2-9-3-5-10(6-4-9)14-8-7-11(12)13-14/h7-10H,2-6H2,1H3. The first kappa shape index (κ1) is 10.5. The molecule has 0 spiro atoms. The van der Waals surface area contributed by atoms with Gasteiger partial charge < -0.3 is 0 Å². The van der Waals surface area contributed by atoms with Gasteiger partial charge in [0.2, 0.25) is 0 Å². The lowest BCUT2D eigenvalue weighted by atomic mass is 9.85. The van der Waals surface area contributed by atoms with Crippen molar-refractivity contribution >= 4 is 22.6 Å². The molecule has 1 aromatic rings. The highest BCUT2D eigenvalue weighted by molar-refractivity contribution is 14.1. The van der Waals surface area contributed by atoms with Gasteiger partial charge in [-0.1, -0.05) is 13.3 Å². The maximum Gasteiger partial charge on any atom is 0.123 e. The molecule has 1 aliphatic rings. The van der Waals surface area contributed by atoms with Crippen molar-refractivity contribution in [3.05, 3.63) is 16.0 Å². The molecule has 1 aromatic heterocycles. The SMILES string of the molecule is CCC1CCC(n2ccc(I)n2)CC1. The van der Waals surface area contributed by atoms with Gasteiger partial charge in [-0.05, 0) is 60.3 Å². The minimum Gasteiger partial charge on any atom is -0.269 e. The van der Waals surface area contributed by atoms with Gasteiger partial charge >= 0.3 is 0 Å². The Balaban J connectivity index is 1.95. The lowest BCUT2D eigenvalue weighted by molar-refractivity contribution is 0.256. The van der Waals surface area contributed by atoms with Gasteiger partial charge in [-0.3, -0.25) is 4.68 Å². The van der Waals surface area contributed by atoms with Gasteiger partial charge in [0.05, 0.1) is 6.04 Å². The number of aromatic nitrogens is 2. The number of nitrogens with zero attached hydrogens (tertiary/aromatic N) is 2. The van der Waals surface area contributed by atoms with Crippen molar-refractivity contribution in [3.8, 4) is 0 Å². The molecule has 1 saturated carbocycles. The third-order valence-corrected chi connectivity index (χ3v) is 3.92. The predicted molar refractivity (Wildman–Crippen MR) is 66.2 cm³/mol. The van der Waals surface area contributed by atoms with Crippen molar-refractivity contribution in [3.63, 3.8) is 0 Å². The van der Waals surface area contributed by atoms with Crippen molar-refractivity contribution in [2.75, 3.05) is 0 Å². The first-order valence-corrected chi connectivity index (χ1v) is 6.58. The zero-order chi connectivity index (χ0) is 9.97. The summed E-state index contributed by atoms with van der Waals surface area (Å²) >= 11 is 2.28. The lowest BCUT2D eigenvalue weighted by Crippen LogP contribution is -2.18. The van der Waals surface area contributed by atoms with E-state index in [0.29, 0.717) is 6.04 Å². The Morgan fingerprint density at radius 3 is 2.64 bits per heavy atom. The van der Waals surface area contributed by atoms with Crippen LogP contribution in [0, 0.1) is 9.62 Å². The molecule has 1 aliphatic carbocycles. The Morgan fingerprint density at radius 1 is 1.43 bits per heavy atom. The van der Waals surface area contributed by atoms with Gasteiger partial charge in [0.1, 0.15) is 3.70 Å². The quantitative estimate of drug-likeness (QED) is 0.763. The normalized spacial score (nSPS) is 27.9. The van der Waals surface area contributed by atoms with Gasteiger partial charge in [0, 0.05) is 6.20 Å². The fourth-order valence-corrected chi connectivity index (χ4v) is 2.75. The summed E-state index contributed by atoms with van der Waals surface area (Å²) in [4.78, 5) is 0. The van der Waals surface area contributed by atoms with E-state index in [-0.39, 0.29) is 0 Å². The molecule has 2 nitrogen and oxygen atoms in total. The molecular formula is C11H17IN2. The molecule has 0 amide bonds. The summed E-state index contributed by atoms with van der Waals surface area (Å²) in [5.41, 5.74) is 0. The average molecular weight is 304 g/mol. The van der Waals surface area contributed by atoms with E-state index in [1.165, 1.54) is 32.1 Å². The van der Waals surface area contributed by atoms with E-state index < -0.39 is 0 Å². The highest BCUT2D eigenvalue weighted by Gasteiger charge is 2.21. The van der Waals surface area contributed by atoms with Crippen LogP contribution in [0.15, 0.2) is 12.3 Å². The van der Waals surface area contributed by atoms with Crippen LogP contribution < -0.4 is 0 Å². The molecule has 1 fully saturated rings. The van der Waals surface area contributed by atoms with E-state index in [1.54, 1.807) is 0 Å². The molecule has 0 bridgehead atoms. The average Bonchev–Trinajstić information content (AvgIpc) is 2.65. The topological polar surface area (TPSA) is 17.8 Å². The zero-order valence-electron chi connectivity index (χ0n) is 8.62. The van der Waals surface area contributed by atoms with Crippen molar-refractivity contribution in [1.29, 1.82) is 0 Å². The molecule has 3 heteroatoms. The number of hydrogen-bond donors (Lipinski definition) is 0. The first-order chi connectivity index (χ1) is 6.79. The van der Waals surface area contributed by atoms with Crippen LogP contribution in [0.1, 0.15) is 45.1 Å². The van der Waals surface area contributed by atoms with Crippen LogP contribution in [0.25, 0.3) is 0 Å². The maximum absolute atomic E-state index is 4.49. The molecule has 0 radical (unpaired) electrons. The van der Waals surface area contributed by atoms with Crippen LogP contribution in [0.2, 0.25) is 0 Å². The number of halogens is 1. The third kappa shape index (κ3) is 2.30. The third-order valence-electron chi connectivity index (χ3n) is 3.34. The zero-order valence-corrected chi connectivity index (χ0v) is 10.8. The molecule has 0 atom stereocenters. The van der Waals surface area contributed by atoms with Gasteiger partial charge in [0.15, 0.2) is 0 Å². The summed E-state index contributed by atoms with van der Waals surface area (Å²) in [7, 11) is 0. The summed E-state index contributed by atoms with van der Waals surface area (Å²) in [5, 5.41) is 4.49. The second kappa shape index (κ2) is 4.64. The Kier molecular flexibility index (Phi) is 3.47. The van der Waals surface area contributed by atoms with E-state index >= 15 is 0 Å². The Morgan fingerprint density at radius 2 is 2.14 bits per heavy atom. The van der Waals surface area contributed by atoms with Gasteiger partial charge in [-0.15, -0.1) is 0 Å². The Bertz CT molecular complexity index is 287. The molecule has 0 saturated heterocycles. The molecule has 0 aliphatic heterocycles.